The van der Waals surface area contributed by atoms with E-state index in [1.807, 2.05) is 45.2 Å². The summed E-state index contributed by atoms with van der Waals surface area (Å²) in [7, 11) is 1.92. The normalized spacial score (nSPS) is 12.5. The lowest BCUT2D eigenvalue weighted by Crippen LogP contribution is -2.19. The molecule has 1 aromatic heterocycles. The molecular formula is C15H16Cl2N2. The molecule has 2 aromatic rings. The highest BCUT2D eigenvalue weighted by molar-refractivity contribution is 6.42. The van der Waals surface area contributed by atoms with Crippen LogP contribution in [0.15, 0.2) is 30.3 Å². The number of hydrogen-bond donors (Lipinski definition) is 1. The largest absolute Gasteiger partial charge is 0.309 e. The van der Waals surface area contributed by atoms with Crippen LogP contribution in [0.3, 0.4) is 0 Å². The molecule has 1 aromatic carbocycles. The zero-order valence-electron chi connectivity index (χ0n) is 11.2. The Morgan fingerprint density at radius 2 is 1.79 bits per heavy atom. The minimum absolute atomic E-state index is 0.0582. The molecule has 4 heteroatoms. The van der Waals surface area contributed by atoms with Gasteiger partial charge in [0.1, 0.15) is 0 Å². The SMILES string of the molecule is CNC(c1ccc(Cl)c(Cl)c1)c1ccc(C)nc1C. The van der Waals surface area contributed by atoms with Crippen LogP contribution in [0.1, 0.15) is 28.6 Å². The second-order valence-corrected chi connectivity index (χ2v) is 5.34. The average Bonchev–Trinajstić information content (AvgIpc) is 2.37. The molecular weight excluding hydrogens is 279 g/mol. The van der Waals surface area contributed by atoms with Gasteiger partial charge in [0.05, 0.1) is 16.1 Å². The molecule has 0 spiro atoms. The standard InChI is InChI=1S/C15H16Cl2N2/c1-9-4-6-12(10(2)19-9)15(18-3)11-5-7-13(16)14(17)8-11/h4-8,15,18H,1-3H3. The highest BCUT2D eigenvalue weighted by atomic mass is 35.5. The Hall–Kier alpha value is -1.09. The van der Waals surface area contributed by atoms with Gasteiger partial charge in [-0.2, -0.15) is 0 Å². The summed E-state index contributed by atoms with van der Waals surface area (Å²) in [5.41, 5.74) is 4.26. The van der Waals surface area contributed by atoms with E-state index in [1.54, 1.807) is 0 Å². The molecule has 2 nitrogen and oxygen atoms in total. The van der Waals surface area contributed by atoms with Crippen LogP contribution < -0.4 is 5.32 Å². The third kappa shape index (κ3) is 3.08. The summed E-state index contributed by atoms with van der Waals surface area (Å²) in [6.45, 7) is 4.01. The Kier molecular flexibility index (Phi) is 4.46. The van der Waals surface area contributed by atoms with Crippen molar-refractivity contribution in [2.45, 2.75) is 19.9 Å². The maximum atomic E-state index is 6.09. The van der Waals surface area contributed by atoms with Gasteiger partial charge in [-0.1, -0.05) is 35.3 Å². The summed E-state index contributed by atoms with van der Waals surface area (Å²) in [5, 5.41) is 4.44. The van der Waals surface area contributed by atoms with Gasteiger partial charge in [0, 0.05) is 11.4 Å². The molecule has 0 aliphatic heterocycles. The number of hydrogen-bond acceptors (Lipinski definition) is 2. The number of rotatable bonds is 3. The van der Waals surface area contributed by atoms with Crippen LogP contribution in [0.4, 0.5) is 0 Å². The maximum Gasteiger partial charge on any atom is 0.0595 e. The minimum Gasteiger partial charge on any atom is -0.309 e. The molecule has 1 heterocycles. The first-order valence-corrected chi connectivity index (χ1v) is 6.85. The molecule has 1 N–H and O–H groups in total. The van der Waals surface area contributed by atoms with Crippen LogP contribution in [0.25, 0.3) is 0 Å². The van der Waals surface area contributed by atoms with Crippen LogP contribution in [-0.4, -0.2) is 12.0 Å². The summed E-state index contributed by atoms with van der Waals surface area (Å²) in [5.74, 6) is 0. The molecule has 1 unspecified atom stereocenters. The van der Waals surface area contributed by atoms with Crippen LogP contribution >= 0.6 is 23.2 Å². The summed E-state index contributed by atoms with van der Waals surface area (Å²) >= 11 is 12.1. The number of nitrogens with zero attached hydrogens (tertiary/aromatic N) is 1. The second kappa shape index (κ2) is 5.91. The number of halogens is 2. The van der Waals surface area contributed by atoms with Crippen molar-refractivity contribution >= 4 is 23.2 Å². The predicted octanol–water partition coefficient (Wildman–Crippen LogP) is 4.31. The van der Waals surface area contributed by atoms with Gasteiger partial charge in [-0.15, -0.1) is 0 Å². The highest BCUT2D eigenvalue weighted by Crippen LogP contribution is 2.29. The maximum absolute atomic E-state index is 6.09. The fraction of sp³-hybridized carbons (Fsp3) is 0.267. The van der Waals surface area contributed by atoms with Crippen LogP contribution in [0, 0.1) is 13.8 Å². The first-order valence-electron chi connectivity index (χ1n) is 6.09. The Morgan fingerprint density at radius 3 is 2.37 bits per heavy atom. The van der Waals surface area contributed by atoms with E-state index in [0.717, 1.165) is 22.5 Å². The molecule has 0 aliphatic rings. The van der Waals surface area contributed by atoms with E-state index in [0.29, 0.717) is 10.0 Å². The molecule has 0 radical (unpaired) electrons. The van der Waals surface area contributed by atoms with Crippen molar-refractivity contribution in [3.63, 3.8) is 0 Å². The zero-order valence-corrected chi connectivity index (χ0v) is 12.7. The molecule has 0 saturated heterocycles. The van der Waals surface area contributed by atoms with Gasteiger partial charge < -0.3 is 5.32 Å². The number of pyridine rings is 1. The van der Waals surface area contributed by atoms with Crippen molar-refractivity contribution in [2.24, 2.45) is 0 Å². The molecule has 1 atom stereocenters. The van der Waals surface area contributed by atoms with Gasteiger partial charge in [-0.25, -0.2) is 0 Å². The van der Waals surface area contributed by atoms with Crippen LogP contribution in [-0.2, 0) is 0 Å². The summed E-state index contributed by atoms with van der Waals surface area (Å²) in [6.07, 6.45) is 0. The molecule has 0 fully saturated rings. The van der Waals surface area contributed by atoms with Gasteiger partial charge >= 0.3 is 0 Å². The lowest BCUT2D eigenvalue weighted by atomic mass is 9.97. The van der Waals surface area contributed by atoms with Gasteiger partial charge in [0.2, 0.25) is 0 Å². The van der Waals surface area contributed by atoms with E-state index in [9.17, 15) is 0 Å². The monoisotopic (exact) mass is 294 g/mol. The Bertz CT molecular complexity index is 597. The number of benzene rings is 1. The minimum atomic E-state index is 0.0582. The Morgan fingerprint density at radius 1 is 1.05 bits per heavy atom. The number of nitrogens with one attached hydrogen (secondary N) is 1. The molecule has 2 rings (SSSR count). The molecule has 0 amide bonds. The van der Waals surface area contributed by atoms with Gasteiger partial charge in [-0.05, 0) is 50.2 Å². The highest BCUT2D eigenvalue weighted by Gasteiger charge is 2.16. The third-order valence-corrected chi connectivity index (χ3v) is 3.88. The van der Waals surface area contributed by atoms with E-state index in [1.165, 1.54) is 0 Å². The molecule has 100 valence electrons. The number of aryl methyl sites for hydroxylation is 2. The first kappa shape index (κ1) is 14.3. The summed E-state index contributed by atoms with van der Waals surface area (Å²) < 4.78 is 0. The topological polar surface area (TPSA) is 24.9 Å². The average molecular weight is 295 g/mol. The summed E-state index contributed by atoms with van der Waals surface area (Å²) in [4.78, 5) is 4.51. The van der Waals surface area contributed by atoms with Crippen molar-refractivity contribution < 1.29 is 0 Å². The van der Waals surface area contributed by atoms with E-state index in [4.69, 9.17) is 23.2 Å². The molecule has 19 heavy (non-hydrogen) atoms. The van der Waals surface area contributed by atoms with Crippen molar-refractivity contribution in [2.75, 3.05) is 7.05 Å². The number of aromatic nitrogens is 1. The second-order valence-electron chi connectivity index (χ2n) is 4.52. The van der Waals surface area contributed by atoms with Crippen molar-refractivity contribution in [1.29, 1.82) is 0 Å². The van der Waals surface area contributed by atoms with Crippen molar-refractivity contribution in [1.82, 2.24) is 10.3 Å². The summed E-state index contributed by atoms with van der Waals surface area (Å²) in [6, 6.07) is 9.87. The lowest BCUT2D eigenvalue weighted by Gasteiger charge is -2.19. The quantitative estimate of drug-likeness (QED) is 0.912. The molecule has 0 bridgehead atoms. The van der Waals surface area contributed by atoms with Gasteiger partial charge in [-0.3, -0.25) is 4.98 Å². The van der Waals surface area contributed by atoms with E-state index >= 15 is 0 Å². The zero-order chi connectivity index (χ0) is 14.0. The first-order chi connectivity index (χ1) is 9.02. The molecule has 0 saturated carbocycles. The Labute approximate surface area is 123 Å². The fourth-order valence-corrected chi connectivity index (χ4v) is 2.50. The lowest BCUT2D eigenvalue weighted by molar-refractivity contribution is 0.682. The predicted molar refractivity (Wildman–Crippen MR) is 81.1 cm³/mol. The van der Waals surface area contributed by atoms with Gasteiger partial charge in [0.25, 0.3) is 0 Å². The van der Waals surface area contributed by atoms with Crippen molar-refractivity contribution in [3.8, 4) is 0 Å². The van der Waals surface area contributed by atoms with E-state index in [2.05, 4.69) is 16.4 Å². The van der Waals surface area contributed by atoms with Crippen molar-refractivity contribution in [3.05, 3.63) is 62.9 Å². The van der Waals surface area contributed by atoms with Crippen LogP contribution in [0.5, 0.6) is 0 Å². The van der Waals surface area contributed by atoms with E-state index < -0.39 is 0 Å². The van der Waals surface area contributed by atoms with Crippen LogP contribution in [0.2, 0.25) is 10.0 Å². The Balaban J connectivity index is 2.46. The van der Waals surface area contributed by atoms with Gasteiger partial charge in [0.15, 0.2) is 0 Å². The smallest absolute Gasteiger partial charge is 0.0595 e. The molecule has 0 aliphatic carbocycles. The fourth-order valence-electron chi connectivity index (χ4n) is 2.20. The van der Waals surface area contributed by atoms with E-state index in [-0.39, 0.29) is 6.04 Å². The third-order valence-electron chi connectivity index (χ3n) is 3.14.